The number of aliphatic hydroxyl groups is 1. The van der Waals surface area contributed by atoms with Crippen LogP contribution in [0.2, 0.25) is 5.02 Å². The third-order valence-electron chi connectivity index (χ3n) is 3.80. The third kappa shape index (κ3) is 4.73. The predicted molar refractivity (Wildman–Crippen MR) is 91.3 cm³/mol. The molecule has 0 radical (unpaired) electrons. The zero-order valence-electron chi connectivity index (χ0n) is 13.7. The second kappa shape index (κ2) is 7.86. The van der Waals surface area contributed by atoms with Crippen LogP contribution in [-0.2, 0) is 0 Å². The van der Waals surface area contributed by atoms with Crippen molar-refractivity contribution >= 4 is 23.3 Å². The molecule has 1 aromatic rings. The summed E-state index contributed by atoms with van der Waals surface area (Å²) in [6.07, 6.45) is 0.679. The number of anilines is 1. The molecule has 0 aliphatic carbocycles. The monoisotopic (exact) mass is 341 g/mol. The van der Waals surface area contributed by atoms with Crippen molar-refractivity contribution < 1.29 is 14.6 Å². The Morgan fingerprint density at radius 2 is 2.26 bits per heavy atom. The molecule has 1 heterocycles. The largest absolute Gasteiger partial charge is 0.487 e. The summed E-state index contributed by atoms with van der Waals surface area (Å²) in [5.74, 6) is 0.469. The molecule has 1 aliphatic rings. The molecule has 1 aromatic carbocycles. The Kier molecular flexibility index (Phi) is 6.10. The van der Waals surface area contributed by atoms with Gasteiger partial charge in [-0.25, -0.2) is 4.79 Å². The van der Waals surface area contributed by atoms with E-state index >= 15 is 0 Å². The Hall–Kier alpha value is -1.50. The highest BCUT2D eigenvalue weighted by Gasteiger charge is 2.29. The number of likely N-dealkylation sites (tertiary alicyclic amines) is 1. The number of nitrogens with zero attached hydrogens (tertiary/aromatic N) is 1. The maximum absolute atomic E-state index is 12.2. The maximum atomic E-state index is 12.2. The lowest BCUT2D eigenvalue weighted by Crippen LogP contribution is -2.39. The van der Waals surface area contributed by atoms with Gasteiger partial charge in [-0.15, -0.1) is 0 Å². The van der Waals surface area contributed by atoms with Gasteiger partial charge in [-0.3, -0.25) is 4.90 Å². The van der Waals surface area contributed by atoms with Crippen molar-refractivity contribution in [3.05, 3.63) is 23.2 Å². The van der Waals surface area contributed by atoms with Crippen LogP contribution in [0.3, 0.4) is 0 Å². The van der Waals surface area contributed by atoms with Crippen molar-refractivity contribution in [1.29, 1.82) is 0 Å². The van der Waals surface area contributed by atoms with Crippen LogP contribution in [0.25, 0.3) is 0 Å². The number of amides is 2. The number of halogens is 1. The summed E-state index contributed by atoms with van der Waals surface area (Å²) in [6, 6.07) is 5.02. The number of carbonyl (C=O) groups is 1. The van der Waals surface area contributed by atoms with E-state index in [0.29, 0.717) is 23.0 Å². The van der Waals surface area contributed by atoms with E-state index in [0.717, 1.165) is 6.42 Å². The van der Waals surface area contributed by atoms with Gasteiger partial charge in [0, 0.05) is 18.6 Å². The molecule has 2 amide bonds. The molecule has 1 fully saturated rings. The van der Waals surface area contributed by atoms with Crippen LogP contribution in [0.1, 0.15) is 20.3 Å². The van der Waals surface area contributed by atoms with Gasteiger partial charge in [0.15, 0.2) is 5.75 Å². The smallest absolute Gasteiger partial charge is 0.319 e. The summed E-state index contributed by atoms with van der Waals surface area (Å²) in [4.78, 5) is 14.3. The summed E-state index contributed by atoms with van der Waals surface area (Å²) in [6.45, 7) is 4.60. The van der Waals surface area contributed by atoms with Gasteiger partial charge < -0.3 is 20.5 Å². The van der Waals surface area contributed by atoms with E-state index in [1.807, 2.05) is 25.8 Å². The quantitative estimate of drug-likeness (QED) is 0.768. The van der Waals surface area contributed by atoms with Gasteiger partial charge in [-0.05, 0) is 39.4 Å². The summed E-state index contributed by atoms with van der Waals surface area (Å²) in [5, 5.41) is 15.4. The molecule has 0 unspecified atom stereocenters. The van der Waals surface area contributed by atoms with Gasteiger partial charge in [-0.2, -0.15) is 0 Å². The first-order valence-corrected chi connectivity index (χ1v) is 8.12. The van der Waals surface area contributed by atoms with E-state index in [-0.39, 0.29) is 30.8 Å². The number of hydrogen-bond acceptors (Lipinski definition) is 4. The second-order valence-electron chi connectivity index (χ2n) is 6.09. The van der Waals surface area contributed by atoms with Crippen molar-refractivity contribution in [3.63, 3.8) is 0 Å². The van der Waals surface area contributed by atoms with Gasteiger partial charge in [0.25, 0.3) is 0 Å². The highest BCUT2D eigenvalue weighted by molar-refractivity contribution is 6.32. The molecule has 2 rings (SSSR count). The lowest BCUT2D eigenvalue weighted by molar-refractivity contribution is 0.182. The molecule has 3 N–H and O–H groups in total. The fraction of sp³-hybridized carbons (Fsp3) is 0.562. The number of benzene rings is 1. The molecule has 0 spiro atoms. The Bertz CT molecular complexity index is 553. The third-order valence-corrected chi connectivity index (χ3v) is 4.10. The SMILES string of the molecule is CC(C)Oc1c(Cl)cccc1NC(=O)N[C@@H]1C[C@@H](CO)N(C)C1. The molecular weight excluding hydrogens is 318 g/mol. The average molecular weight is 342 g/mol. The molecule has 1 saturated heterocycles. The van der Waals surface area contributed by atoms with Gasteiger partial charge >= 0.3 is 6.03 Å². The zero-order chi connectivity index (χ0) is 17.0. The predicted octanol–water partition coefficient (Wildman–Crippen LogP) is 2.31. The van der Waals surface area contributed by atoms with Crippen molar-refractivity contribution in [3.8, 4) is 5.75 Å². The zero-order valence-corrected chi connectivity index (χ0v) is 14.4. The number of likely N-dealkylation sites (N-methyl/N-ethyl adjacent to an activating group) is 1. The number of carbonyl (C=O) groups excluding carboxylic acids is 1. The molecule has 0 bridgehead atoms. The standard InChI is InChI=1S/C16H24ClN3O3/c1-10(2)23-15-13(17)5-4-6-14(15)19-16(22)18-11-7-12(9-21)20(3)8-11/h4-6,10-12,21H,7-9H2,1-3H3,(H2,18,19,22)/t11-,12+/m1/s1. The van der Waals surface area contributed by atoms with Crippen molar-refractivity contribution in [1.82, 2.24) is 10.2 Å². The molecule has 1 aliphatic heterocycles. The van der Waals surface area contributed by atoms with Gasteiger partial charge in [0.2, 0.25) is 0 Å². The van der Waals surface area contributed by atoms with Crippen LogP contribution in [0, 0.1) is 0 Å². The maximum Gasteiger partial charge on any atom is 0.319 e. The minimum Gasteiger partial charge on any atom is -0.487 e. The number of urea groups is 1. The fourth-order valence-corrected chi connectivity index (χ4v) is 2.92. The number of aliphatic hydroxyl groups excluding tert-OH is 1. The molecule has 0 aromatic heterocycles. The fourth-order valence-electron chi connectivity index (χ4n) is 2.70. The molecular formula is C16H24ClN3O3. The van der Waals surface area contributed by atoms with Gasteiger partial charge in [0.1, 0.15) is 0 Å². The average Bonchev–Trinajstić information content (AvgIpc) is 2.82. The van der Waals surface area contributed by atoms with Gasteiger partial charge in [0.05, 0.1) is 23.4 Å². The van der Waals surface area contributed by atoms with E-state index < -0.39 is 0 Å². The Morgan fingerprint density at radius 1 is 1.52 bits per heavy atom. The normalized spacial score (nSPS) is 21.5. The molecule has 0 saturated carbocycles. The number of para-hydroxylation sites is 1. The molecule has 6 nitrogen and oxygen atoms in total. The Labute approximate surface area is 141 Å². The first kappa shape index (κ1) is 17.8. The first-order valence-electron chi connectivity index (χ1n) is 7.74. The number of rotatable bonds is 5. The summed E-state index contributed by atoms with van der Waals surface area (Å²) in [7, 11) is 1.94. The number of nitrogens with one attached hydrogen (secondary N) is 2. The van der Waals surface area contributed by atoms with Crippen LogP contribution in [0.5, 0.6) is 5.75 Å². The second-order valence-corrected chi connectivity index (χ2v) is 6.50. The van der Waals surface area contributed by atoms with Crippen LogP contribution >= 0.6 is 11.6 Å². The highest BCUT2D eigenvalue weighted by atomic mass is 35.5. The van der Waals surface area contributed by atoms with E-state index in [1.54, 1.807) is 18.2 Å². The Balaban J connectivity index is 1.99. The topological polar surface area (TPSA) is 73.8 Å². The van der Waals surface area contributed by atoms with E-state index in [9.17, 15) is 9.90 Å². The van der Waals surface area contributed by atoms with E-state index in [1.165, 1.54) is 0 Å². The summed E-state index contributed by atoms with van der Waals surface area (Å²) >= 11 is 6.15. The van der Waals surface area contributed by atoms with Crippen molar-refractivity contribution in [2.75, 3.05) is 25.5 Å². The number of ether oxygens (including phenoxy) is 1. The molecule has 2 atom stereocenters. The van der Waals surface area contributed by atoms with E-state index in [4.69, 9.17) is 16.3 Å². The Morgan fingerprint density at radius 3 is 2.87 bits per heavy atom. The lowest BCUT2D eigenvalue weighted by atomic mass is 10.2. The van der Waals surface area contributed by atoms with Crippen LogP contribution in [0.15, 0.2) is 18.2 Å². The minimum absolute atomic E-state index is 0.00537. The van der Waals surface area contributed by atoms with Crippen LogP contribution in [0.4, 0.5) is 10.5 Å². The summed E-state index contributed by atoms with van der Waals surface area (Å²) in [5.41, 5.74) is 0.536. The first-order chi connectivity index (χ1) is 10.9. The molecule has 7 heteroatoms. The van der Waals surface area contributed by atoms with E-state index in [2.05, 4.69) is 10.6 Å². The van der Waals surface area contributed by atoms with Crippen LogP contribution < -0.4 is 15.4 Å². The van der Waals surface area contributed by atoms with Crippen molar-refractivity contribution in [2.24, 2.45) is 0 Å². The minimum atomic E-state index is -0.308. The van der Waals surface area contributed by atoms with Crippen molar-refractivity contribution in [2.45, 2.75) is 38.5 Å². The highest BCUT2D eigenvalue weighted by Crippen LogP contribution is 2.33. The van der Waals surface area contributed by atoms with Crippen LogP contribution in [-0.4, -0.2) is 54.4 Å². The molecule has 128 valence electrons. The summed E-state index contributed by atoms with van der Waals surface area (Å²) < 4.78 is 5.68. The molecule has 23 heavy (non-hydrogen) atoms. The lowest BCUT2D eigenvalue weighted by Gasteiger charge is -2.18. The number of hydrogen-bond donors (Lipinski definition) is 3. The van der Waals surface area contributed by atoms with Gasteiger partial charge in [-0.1, -0.05) is 17.7 Å².